The highest BCUT2D eigenvalue weighted by Gasteiger charge is 2.30. The van der Waals surface area contributed by atoms with Gasteiger partial charge in [-0.1, -0.05) is 17.7 Å². The van der Waals surface area contributed by atoms with Gasteiger partial charge in [0.15, 0.2) is 0 Å². The zero-order valence-electron chi connectivity index (χ0n) is 20.6. The summed E-state index contributed by atoms with van der Waals surface area (Å²) in [5, 5.41) is 0. The number of nitrogens with two attached hydrogens (primary N) is 4. The fraction of sp³-hybridized carbons (Fsp3) is 0.625. The van der Waals surface area contributed by atoms with Crippen LogP contribution in [0.1, 0.15) is 18.4 Å². The number of aromatic nitrogens is 3. The molecule has 3 fully saturated rings. The molecule has 0 saturated carbocycles. The molecule has 4 heterocycles. The van der Waals surface area contributed by atoms with E-state index in [2.05, 4.69) is 50.8 Å². The predicted octanol–water partition coefficient (Wildman–Crippen LogP) is -0.764. The van der Waals surface area contributed by atoms with Crippen LogP contribution in [0.25, 0.3) is 0 Å². The van der Waals surface area contributed by atoms with E-state index in [1.54, 1.807) is 0 Å². The van der Waals surface area contributed by atoms with Crippen LogP contribution in [0.2, 0.25) is 0 Å². The molecule has 5 rings (SSSR count). The van der Waals surface area contributed by atoms with Gasteiger partial charge in [-0.15, -0.1) is 0 Å². The van der Waals surface area contributed by atoms with Gasteiger partial charge in [0.25, 0.3) is 0 Å². The molecule has 35 heavy (non-hydrogen) atoms. The number of anilines is 4. The molecule has 0 spiro atoms. The number of hydrogen-bond acceptors (Lipinski definition) is 11. The largest absolute Gasteiger partial charge is 0.368 e. The fourth-order valence-electron chi connectivity index (χ4n) is 5.37. The second kappa shape index (κ2) is 10.1. The first-order valence-corrected chi connectivity index (χ1v) is 12.7. The Labute approximate surface area is 207 Å². The second-order valence-corrected chi connectivity index (χ2v) is 10.4. The van der Waals surface area contributed by atoms with Crippen LogP contribution in [0.5, 0.6) is 0 Å². The molecular weight excluding hydrogens is 442 g/mol. The number of nitrogens with zero attached hydrogens (tertiary/aromatic N) is 7. The summed E-state index contributed by atoms with van der Waals surface area (Å²) in [5.41, 5.74) is 27.6. The van der Waals surface area contributed by atoms with Crippen molar-refractivity contribution < 1.29 is 0 Å². The van der Waals surface area contributed by atoms with E-state index in [9.17, 15) is 0 Å². The van der Waals surface area contributed by atoms with Crippen molar-refractivity contribution in [3.63, 3.8) is 0 Å². The SMILES string of the molecule is Cc1ccc(N2CCN(c3nc(N4C[C@H](N)C[C@H](N)C4)nc(N4C[C@H](N)C[C@H](N)C4)n3)CC2)cc1. The van der Waals surface area contributed by atoms with Gasteiger partial charge in [0.2, 0.25) is 17.8 Å². The maximum atomic E-state index is 6.28. The molecule has 0 bridgehead atoms. The molecular formula is C24H39N11. The summed E-state index contributed by atoms with van der Waals surface area (Å²) in [6.07, 6.45) is 1.61. The minimum atomic E-state index is -0.00250. The summed E-state index contributed by atoms with van der Waals surface area (Å²) in [6.45, 7) is 8.28. The lowest BCUT2D eigenvalue weighted by molar-refractivity contribution is 0.440. The minimum Gasteiger partial charge on any atom is -0.368 e. The van der Waals surface area contributed by atoms with Gasteiger partial charge in [0, 0.05) is 82.2 Å². The first kappa shape index (κ1) is 24.0. The smallest absolute Gasteiger partial charge is 0.232 e. The van der Waals surface area contributed by atoms with Gasteiger partial charge in [0.1, 0.15) is 0 Å². The number of piperazine rings is 1. The van der Waals surface area contributed by atoms with E-state index in [0.29, 0.717) is 44.0 Å². The van der Waals surface area contributed by atoms with Gasteiger partial charge in [-0.3, -0.25) is 0 Å². The van der Waals surface area contributed by atoms with Gasteiger partial charge < -0.3 is 42.5 Å². The highest BCUT2D eigenvalue weighted by atomic mass is 15.4. The monoisotopic (exact) mass is 481 g/mol. The molecule has 4 atom stereocenters. The van der Waals surface area contributed by atoms with Gasteiger partial charge in [-0.2, -0.15) is 15.0 Å². The third-order valence-corrected chi connectivity index (χ3v) is 7.16. The molecule has 3 saturated heterocycles. The second-order valence-electron chi connectivity index (χ2n) is 10.4. The summed E-state index contributed by atoms with van der Waals surface area (Å²) >= 11 is 0. The van der Waals surface area contributed by atoms with Crippen molar-refractivity contribution in [3.05, 3.63) is 29.8 Å². The topological polar surface area (TPSA) is 156 Å². The lowest BCUT2D eigenvalue weighted by Crippen LogP contribution is -2.54. The first-order chi connectivity index (χ1) is 16.8. The molecule has 1 aromatic heterocycles. The highest BCUT2D eigenvalue weighted by Crippen LogP contribution is 2.25. The minimum absolute atomic E-state index is 0.00250. The van der Waals surface area contributed by atoms with Crippen molar-refractivity contribution in [3.8, 4) is 0 Å². The van der Waals surface area contributed by atoms with E-state index in [4.69, 9.17) is 37.9 Å². The van der Waals surface area contributed by atoms with Crippen LogP contribution in [0.3, 0.4) is 0 Å². The van der Waals surface area contributed by atoms with E-state index in [1.807, 2.05) is 0 Å². The standard InChI is InChI=1S/C24H39N11/c1-16-2-4-21(5-3-16)32-6-8-33(9-7-32)22-29-23(34-12-17(25)10-18(26)13-34)31-24(30-22)35-14-19(27)11-20(28)15-35/h2-5,17-20H,6-15,25-28H2,1H3/t17-,18+,19-,20+. The number of piperidine rings is 2. The quantitative estimate of drug-likeness (QED) is 0.435. The van der Waals surface area contributed by atoms with E-state index in [-0.39, 0.29) is 24.2 Å². The van der Waals surface area contributed by atoms with E-state index in [1.165, 1.54) is 11.3 Å². The maximum absolute atomic E-state index is 6.28. The fourth-order valence-corrected chi connectivity index (χ4v) is 5.37. The Bertz CT molecular complexity index is 927. The number of rotatable bonds is 4. The van der Waals surface area contributed by atoms with Crippen LogP contribution in [-0.2, 0) is 0 Å². The number of hydrogen-bond donors (Lipinski definition) is 4. The summed E-state index contributed by atoms with van der Waals surface area (Å²) in [7, 11) is 0. The normalized spacial score (nSPS) is 27.9. The van der Waals surface area contributed by atoms with Crippen LogP contribution in [0, 0.1) is 6.92 Å². The van der Waals surface area contributed by atoms with Crippen LogP contribution in [0.4, 0.5) is 23.5 Å². The molecule has 3 aliphatic rings. The van der Waals surface area contributed by atoms with Crippen molar-refractivity contribution in [1.29, 1.82) is 0 Å². The van der Waals surface area contributed by atoms with E-state index in [0.717, 1.165) is 39.0 Å². The van der Waals surface area contributed by atoms with Gasteiger partial charge in [-0.05, 0) is 31.9 Å². The summed E-state index contributed by atoms with van der Waals surface area (Å²) in [4.78, 5) is 23.5. The Balaban J connectivity index is 1.39. The predicted molar refractivity (Wildman–Crippen MR) is 141 cm³/mol. The highest BCUT2D eigenvalue weighted by molar-refractivity contribution is 5.51. The van der Waals surface area contributed by atoms with Gasteiger partial charge in [-0.25, -0.2) is 0 Å². The molecule has 0 aliphatic carbocycles. The zero-order chi connectivity index (χ0) is 24.5. The Hall–Kier alpha value is -2.73. The van der Waals surface area contributed by atoms with E-state index >= 15 is 0 Å². The lowest BCUT2D eigenvalue weighted by Gasteiger charge is -2.39. The molecule has 1 aromatic carbocycles. The third kappa shape index (κ3) is 5.58. The molecule has 11 heteroatoms. The third-order valence-electron chi connectivity index (χ3n) is 7.16. The van der Waals surface area contributed by atoms with Gasteiger partial charge in [0.05, 0.1) is 0 Å². The van der Waals surface area contributed by atoms with Crippen LogP contribution in [0.15, 0.2) is 24.3 Å². The van der Waals surface area contributed by atoms with Crippen molar-refractivity contribution in [1.82, 2.24) is 15.0 Å². The van der Waals surface area contributed by atoms with Crippen LogP contribution >= 0.6 is 0 Å². The molecule has 11 nitrogen and oxygen atoms in total. The van der Waals surface area contributed by atoms with Crippen molar-refractivity contribution >= 4 is 23.5 Å². The molecule has 3 aliphatic heterocycles. The Morgan fingerprint density at radius 1 is 0.571 bits per heavy atom. The first-order valence-electron chi connectivity index (χ1n) is 12.7. The molecule has 0 unspecified atom stereocenters. The molecule has 2 aromatic rings. The van der Waals surface area contributed by atoms with Crippen molar-refractivity contribution in [2.24, 2.45) is 22.9 Å². The average Bonchev–Trinajstić information content (AvgIpc) is 2.83. The molecule has 8 N–H and O–H groups in total. The summed E-state index contributed by atoms with van der Waals surface area (Å²) < 4.78 is 0. The Morgan fingerprint density at radius 3 is 1.37 bits per heavy atom. The van der Waals surface area contributed by atoms with Gasteiger partial charge >= 0.3 is 0 Å². The molecule has 0 radical (unpaired) electrons. The Morgan fingerprint density at radius 2 is 0.943 bits per heavy atom. The maximum Gasteiger partial charge on any atom is 0.232 e. The molecule has 190 valence electrons. The summed E-state index contributed by atoms with van der Waals surface area (Å²) in [5.74, 6) is 1.95. The Kier molecular flexibility index (Phi) is 6.92. The number of aryl methyl sites for hydroxylation is 1. The van der Waals surface area contributed by atoms with Crippen molar-refractivity contribution in [2.75, 3.05) is 72.0 Å². The summed E-state index contributed by atoms with van der Waals surface area (Å²) in [6, 6.07) is 8.69. The van der Waals surface area contributed by atoms with Crippen molar-refractivity contribution in [2.45, 2.75) is 43.9 Å². The number of benzene rings is 1. The molecule has 0 amide bonds. The zero-order valence-corrected chi connectivity index (χ0v) is 20.6. The lowest BCUT2D eigenvalue weighted by atomic mass is 10.0. The van der Waals surface area contributed by atoms with Crippen LogP contribution < -0.4 is 42.5 Å². The van der Waals surface area contributed by atoms with E-state index < -0.39 is 0 Å². The average molecular weight is 482 g/mol. The van der Waals surface area contributed by atoms with Crippen LogP contribution in [-0.4, -0.2) is 91.5 Å².